The van der Waals surface area contributed by atoms with Crippen LogP contribution < -0.4 is 10.2 Å². The minimum atomic E-state index is -0.817. The molecular weight excluding hydrogens is 332 g/mol. The Bertz CT molecular complexity index is 898. The number of furan rings is 1. The Balaban J connectivity index is 2.06. The van der Waals surface area contributed by atoms with Gasteiger partial charge in [-0.2, -0.15) is 0 Å². The normalized spacial score (nSPS) is 16.7. The van der Waals surface area contributed by atoms with Gasteiger partial charge in [0, 0.05) is 5.02 Å². The molecule has 1 aromatic heterocycles. The van der Waals surface area contributed by atoms with Crippen molar-refractivity contribution in [2.75, 3.05) is 4.90 Å². The molecule has 0 unspecified atom stereocenters. The first-order valence-corrected chi connectivity index (χ1v) is 7.49. The predicted octanol–water partition coefficient (Wildman–Crippen LogP) is 3.22. The van der Waals surface area contributed by atoms with Gasteiger partial charge >= 0.3 is 6.03 Å². The van der Waals surface area contributed by atoms with Crippen molar-refractivity contribution in [3.8, 4) is 0 Å². The molecule has 2 aromatic rings. The van der Waals surface area contributed by atoms with Crippen LogP contribution in [-0.2, 0) is 9.59 Å². The van der Waals surface area contributed by atoms with Gasteiger partial charge in [0.05, 0.1) is 5.69 Å². The molecule has 3 rings (SSSR count). The summed E-state index contributed by atoms with van der Waals surface area (Å²) in [5.74, 6) is -0.509. The molecule has 1 saturated heterocycles. The van der Waals surface area contributed by atoms with Crippen molar-refractivity contribution in [1.29, 1.82) is 0 Å². The SMILES string of the molecule is Cc1ccc(/C=C2\C(=O)NC(=O)N(c3cccc(Cl)c3C)C2=O)o1. The van der Waals surface area contributed by atoms with Crippen LogP contribution in [0.25, 0.3) is 6.08 Å². The molecule has 0 spiro atoms. The molecule has 1 N–H and O–H groups in total. The summed E-state index contributed by atoms with van der Waals surface area (Å²) in [5, 5.41) is 2.57. The van der Waals surface area contributed by atoms with Crippen molar-refractivity contribution in [1.82, 2.24) is 5.32 Å². The molecule has 1 aliphatic rings. The average molecular weight is 345 g/mol. The Labute approximate surface area is 142 Å². The van der Waals surface area contributed by atoms with Gasteiger partial charge in [0.15, 0.2) is 0 Å². The first-order chi connectivity index (χ1) is 11.4. The van der Waals surface area contributed by atoms with Crippen LogP contribution in [0.2, 0.25) is 5.02 Å². The topological polar surface area (TPSA) is 79.6 Å². The van der Waals surface area contributed by atoms with Crippen LogP contribution in [0.5, 0.6) is 0 Å². The fourth-order valence-electron chi connectivity index (χ4n) is 2.39. The number of barbiturate groups is 1. The lowest BCUT2D eigenvalue weighted by molar-refractivity contribution is -0.122. The number of hydrogen-bond acceptors (Lipinski definition) is 4. The van der Waals surface area contributed by atoms with E-state index in [0.717, 1.165) is 4.90 Å². The Morgan fingerprint density at radius 2 is 1.88 bits per heavy atom. The number of aryl methyl sites for hydroxylation is 1. The summed E-state index contributed by atoms with van der Waals surface area (Å²) >= 11 is 6.06. The Morgan fingerprint density at radius 3 is 2.54 bits per heavy atom. The van der Waals surface area contributed by atoms with Gasteiger partial charge in [-0.1, -0.05) is 17.7 Å². The zero-order valence-corrected chi connectivity index (χ0v) is 13.7. The lowest BCUT2D eigenvalue weighted by Gasteiger charge is -2.27. The molecule has 122 valence electrons. The zero-order valence-electron chi connectivity index (χ0n) is 12.9. The van der Waals surface area contributed by atoms with Gasteiger partial charge in [0.2, 0.25) is 0 Å². The zero-order chi connectivity index (χ0) is 17.4. The fraction of sp³-hybridized carbons (Fsp3) is 0.118. The minimum Gasteiger partial charge on any atom is -0.462 e. The molecule has 2 heterocycles. The highest BCUT2D eigenvalue weighted by Crippen LogP contribution is 2.29. The summed E-state index contributed by atoms with van der Waals surface area (Å²) in [6, 6.07) is 7.39. The number of halogens is 1. The van der Waals surface area contributed by atoms with Crippen molar-refractivity contribution in [2.45, 2.75) is 13.8 Å². The molecule has 1 aliphatic heterocycles. The third-order valence-corrected chi connectivity index (χ3v) is 4.04. The maximum absolute atomic E-state index is 12.7. The molecule has 0 atom stereocenters. The maximum atomic E-state index is 12.7. The number of urea groups is 1. The van der Waals surface area contributed by atoms with Crippen LogP contribution in [0, 0.1) is 13.8 Å². The van der Waals surface area contributed by atoms with Crippen molar-refractivity contribution in [2.24, 2.45) is 0 Å². The van der Waals surface area contributed by atoms with Crippen LogP contribution >= 0.6 is 11.6 Å². The Hall–Kier alpha value is -2.86. The summed E-state index contributed by atoms with van der Waals surface area (Å²) in [6.45, 7) is 3.43. The number of carbonyl (C=O) groups is 3. The lowest BCUT2D eigenvalue weighted by Crippen LogP contribution is -2.54. The van der Waals surface area contributed by atoms with Gasteiger partial charge in [0.1, 0.15) is 17.1 Å². The van der Waals surface area contributed by atoms with Crippen LogP contribution in [0.3, 0.4) is 0 Å². The highest BCUT2D eigenvalue weighted by atomic mass is 35.5. The van der Waals surface area contributed by atoms with Crippen LogP contribution in [-0.4, -0.2) is 17.8 Å². The number of amides is 4. The number of imide groups is 2. The summed E-state index contributed by atoms with van der Waals surface area (Å²) in [6.07, 6.45) is 1.31. The standard InChI is InChI=1S/C17H13ClN2O4/c1-9-6-7-11(24-9)8-12-15(21)19-17(23)20(16(12)22)14-5-3-4-13(18)10(14)2/h3-8H,1-2H3,(H,19,21,23)/b12-8+. The number of carbonyl (C=O) groups excluding carboxylic acids is 3. The second kappa shape index (κ2) is 5.98. The molecule has 1 fully saturated rings. The molecule has 1 aromatic carbocycles. The molecular formula is C17H13ClN2O4. The third kappa shape index (κ3) is 2.72. The smallest absolute Gasteiger partial charge is 0.335 e. The van der Waals surface area contributed by atoms with E-state index in [1.165, 1.54) is 6.08 Å². The van der Waals surface area contributed by atoms with E-state index in [0.29, 0.717) is 27.8 Å². The van der Waals surface area contributed by atoms with E-state index < -0.39 is 17.8 Å². The maximum Gasteiger partial charge on any atom is 0.335 e. The number of rotatable bonds is 2. The molecule has 6 nitrogen and oxygen atoms in total. The van der Waals surface area contributed by atoms with Crippen molar-refractivity contribution >= 4 is 41.2 Å². The van der Waals surface area contributed by atoms with Crippen molar-refractivity contribution in [3.63, 3.8) is 0 Å². The van der Waals surface area contributed by atoms with Gasteiger partial charge < -0.3 is 4.42 Å². The van der Waals surface area contributed by atoms with Crippen LogP contribution in [0.15, 0.2) is 40.3 Å². The summed E-state index contributed by atoms with van der Waals surface area (Å²) in [7, 11) is 0. The number of hydrogen-bond donors (Lipinski definition) is 1. The molecule has 0 saturated carbocycles. The van der Waals surface area contributed by atoms with Crippen molar-refractivity contribution < 1.29 is 18.8 Å². The second-order valence-electron chi connectivity index (χ2n) is 5.29. The highest BCUT2D eigenvalue weighted by Gasteiger charge is 2.37. The number of benzene rings is 1. The van der Waals surface area contributed by atoms with Crippen molar-refractivity contribution in [3.05, 3.63) is 58.0 Å². The molecule has 4 amide bonds. The van der Waals surface area contributed by atoms with E-state index in [2.05, 4.69) is 5.32 Å². The molecule has 7 heteroatoms. The van der Waals surface area contributed by atoms with E-state index in [1.807, 2.05) is 0 Å². The van der Waals surface area contributed by atoms with E-state index in [9.17, 15) is 14.4 Å². The van der Waals surface area contributed by atoms with E-state index in [-0.39, 0.29) is 5.57 Å². The number of nitrogens with one attached hydrogen (secondary N) is 1. The molecule has 0 radical (unpaired) electrons. The Morgan fingerprint density at radius 1 is 1.12 bits per heavy atom. The summed E-state index contributed by atoms with van der Waals surface area (Å²) < 4.78 is 5.36. The number of anilines is 1. The lowest BCUT2D eigenvalue weighted by atomic mass is 10.1. The summed E-state index contributed by atoms with van der Waals surface area (Å²) in [4.78, 5) is 37.8. The van der Waals surface area contributed by atoms with Gasteiger partial charge in [0.25, 0.3) is 11.8 Å². The number of nitrogens with zero attached hydrogens (tertiary/aromatic N) is 1. The second-order valence-corrected chi connectivity index (χ2v) is 5.70. The third-order valence-electron chi connectivity index (χ3n) is 3.63. The quantitative estimate of drug-likeness (QED) is 0.670. The van der Waals surface area contributed by atoms with Gasteiger partial charge in [-0.3, -0.25) is 14.9 Å². The van der Waals surface area contributed by atoms with E-state index in [1.54, 1.807) is 44.2 Å². The van der Waals surface area contributed by atoms with Crippen LogP contribution in [0.4, 0.5) is 10.5 Å². The minimum absolute atomic E-state index is 0.191. The van der Waals surface area contributed by atoms with E-state index >= 15 is 0 Å². The largest absolute Gasteiger partial charge is 0.462 e. The van der Waals surface area contributed by atoms with Gasteiger partial charge in [-0.05, 0) is 49.8 Å². The Kier molecular flexibility index (Phi) is 3.99. The van der Waals surface area contributed by atoms with Gasteiger partial charge in [-0.25, -0.2) is 9.69 Å². The molecule has 0 aliphatic carbocycles. The monoisotopic (exact) mass is 344 g/mol. The average Bonchev–Trinajstić information content (AvgIpc) is 2.93. The molecule has 0 bridgehead atoms. The summed E-state index contributed by atoms with van der Waals surface area (Å²) in [5.41, 5.74) is 0.688. The molecule has 24 heavy (non-hydrogen) atoms. The first-order valence-electron chi connectivity index (χ1n) is 7.11. The first kappa shape index (κ1) is 16.0. The predicted molar refractivity (Wildman–Crippen MR) is 88.6 cm³/mol. The van der Waals surface area contributed by atoms with Gasteiger partial charge in [-0.15, -0.1) is 0 Å². The fourth-order valence-corrected chi connectivity index (χ4v) is 2.56. The van der Waals surface area contributed by atoms with E-state index in [4.69, 9.17) is 16.0 Å². The highest BCUT2D eigenvalue weighted by molar-refractivity contribution is 6.39. The van der Waals surface area contributed by atoms with Crippen LogP contribution in [0.1, 0.15) is 17.1 Å².